The Bertz CT molecular complexity index is 404. The van der Waals surface area contributed by atoms with Crippen LogP contribution in [-0.2, 0) is 14.2 Å². The van der Waals surface area contributed by atoms with Gasteiger partial charge in [0.05, 0.1) is 18.8 Å². The summed E-state index contributed by atoms with van der Waals surface area (Å²) in [6.45, 7) is 13.4. The molecule has 0 radical (unpaired) electrons. The molecule has 3 heteroatoms. The third-order valence-corrected chi connectivity index (χ3v) is 7.52. The highest BCUT2D eigenvalue weighted by molar-refractivity contribution is 4.83. The van der Waals surface area contributed by atoms with Crippen LogP contribution in [0.4, 0.5) is 0 Å². The SMILES string of the molecule is CC(C)C1COC(CC(C)C2CC(CC(C)C3CCOCC3)CCO2)C1. The van der Waals surface area contributed by atoms with Gasteiger partial charge in [0.1, 0.15) is 0 Å². The summed E-state index contributed by atoms with van der Waals surface area (Å²) in [6.07, 6.45) is 9.75. The summed E-state index contributed by atoms with van der Waals surface area (Å²) < 4.78 is 17.8. The highest BCUT2D eigenvalue weighted by atomic mass is 16.5. The van der Waals surface area contributed by atoms with Gasteiger partial charge in [-0.1, -0.05) is 27.7 Å². The summed E-state index contributed by atoms with van der Waals surface area (Å²) in [5, 5.41) is 0. The Morgan fingerprint density at radius 3 is 2.23 bits per heavy atom. The van der Waals surface area contributed by atoms with Crippen molar-refractivity contribution in [2.45, 2.75) is 84.8 Å². The summed E-state index contributed by atoms with van der Waals surface area (Å²) in [5.74, 6) is 4.68. The standard InChI is InChI=1S/C23H42O3/c1-16(2)21-14-22(26-15-21)12-18(4)23-13-19(5-10-25-23)11-17(3)20-6-8-24-9-7-20/h16-23H,5-15H2,1-4H3. The lowest BCUT2D eigenvalue weighted by atomic mass is 9.77. The van der Waals surface area contributed by atoms with Gasteiger partial charge in [0.2, 0.25) is 0 Å². The number of ether oxygens (including phenoxy) is 3. The molecule has 6 unspecified atom stereocenters. The third-order valence-electron chi connectivity index (χ3n) is 7.52. The molecule has 3 saturated heterocycles. The minimum atomic E-state index is 0.442. The topological polar surface area (TPSA) is 27.7 Å². The van der Waals surface area contributed by atoms with Crippen LogP contribution in [-0.4, -0.2) is 38.6 Å². The fourth-order valence-electron chi connectivity index (χ4n) is 5.44. The van der Waals surface area contributed by atoms with Gasteiger partial charge >= 0.3 is 0 Å². The van der Waals surface area contributed by atoms with Gasteiger partial charge in [-0.2, -0.15) is 0 Å². The van der Waals surface area contributed by atoms with Gasteiger partial charge < -0.3 is 14.2 Å². The van der Waals surface area contributed by atoms with Crippen LogP contribution in [0.2, 0.25) is 0 Å². The molecule has 0 saturated carbocycles. The molecular formula is C23H42O3. The Balaban J connectivity index is 1.42. The molecule has 0 bridgehead atoms. The molecule has 0 spiro atoms. The van der Waals surface area contributed by atoms with E-state index in [1.54, 1.807) is 0 Å². The smallest absolute Gasteiger partial charge is 0.0604 e. The minimum absolute atomic E-state index is 0.442. The van der Waals surface area contributed by atoms with Crippen LogP contribution < -0.4 is 0 Å². The van der Waals surface area contributed by atoms with E-state index in [1.165, 1.54) is 44.9 Å². The predicted octanol–water partition coefficient (Wildman–Crippen LogP) is 5.32. The van der Waals surface area contributed by atoms with Crippen LogP contribution >= 0.6 is 0 Å². The molecule has 3 rings (SSSR count). The second-order valence-corrected chi connectivity index (χ2v) is 9.87. The van der Waals surface area contributed by atoms with Crippen molar-refractivity contribution >= 4 is 0 Å². The summed E-state index contributed by atoms with van der Waals surface area (Å²) in [5.41, 5.74) is 0. The van der Waals surface area contributed by atoms with Crippen LogP contribution in [0.3, 0.4) is 0 Å². The molecule has 3 nitrogen and oxygen atoms in total. The van der Waals surface area contributed by atoms with Crippen LogP contribution in [0.5, 0.6) is 0 Å². The third kappa shape index (κ3) is 5.69. The highest BCUT2D eigenvalue weighted by Crippen LogP contribution is 2.37. The maximum Gasteiger partial charge on any atom is 0.0604 e. The average Bonchev–Trinajstić information content (AvgIpc) is 3.11. The zero-order valence-corrected chi connectivity index (χ0v) is 17.6. The molecule has 3 heterocycles. The molecule has 0 amide bonds. The fraction of sp³-hybridized carbons (Fsp3) is 1.00. The Hall–Kier alpha value is -0.120. The number of rotatable bonds is 7. The summed E-state index contributed by atoms with van der Waals surface area (Å²) >= 11 is 0. The lowest BCUT2D eigenvalue weighted by molar-refractivity contribution is -0.0556. The van der Waals surface area contributed by atoms with E-state index in [9.17, 15) is 0 Å². The number of hydrogen-bond acceptors (Lipinski definition) is 3. The summed E-state index contributed by atoms with van der Waals surface area (Å²) in [6, 6.07) is 0. The van der Waals surface area contributed by atoms with Crippen molar-refractivity contribution in [3.8, 4) is 0 Å². The van der Waals surface area contributed by atoms with E-state index in [-0.39, 0.29) is 0 Å². The van der Waals surface area contributed by atoms with Gasteiger partial charge in [-0.05, 0) is 80.5 Å². The molecule has 0 N–H and O–H groups in total. The first kappa shape index (κ1) is 20.6. The second kappa shape index (κ2) is 9.89. The second-order valence-electron chi connectivity index (χ2n) is 9.87. The van der Waals surface area contributed by atoms with Crippen molar-refractivity contribution in [2.75, 3.05) is 26.4 Å². The van der Waals surface area contributed by atoms with Crippen molar-refractivity contribution in [3.63, 3.8) is 0 Å². The first-order valence-electron chi connectivity index (χ1n) is 11.3. The van der Waals surface area contributed by atoms with E-state index >= 15 is 0 Å². The molecule has 0 aliphatic carbocycles. The Morgan fingerprint density at radius 1 is 0.769 bits per heavy atom. The molecule has 3 aliphatic heterocycles. The largest absolute Gasteiger partial charge is 0.381 e. The first-order valence-corrected chi connectivity index (χ1v) is 11.3. The average molecular weight is 367 g/mol. The van der Waals surface area contributed by atoms with Gasteiger partial charge in [0.15, 0.2) is 0 Å². The number of hydrogen-bond donors (Lipinski definition) is 0. The van der Waals surface area contributed by atoms with Crippen molar-refractivity contribution in [1.29, 1.82) is 0 Å². The summed E-state index contributed by atoms with van der Waals surface area (Å²) in [4.78, 5) is 0. The molecule has 0 aromatic rings. The van der Waals surface area contributed by atoms with E-state index in [4.69, 9.17) is 14.2 Å². The van der Waals surface area contributed by atoms with E-state index in [1.807, 2.05) is 0 Å². The van der Waals surface area contributed by atoms with Gasteiger partial charge in [0.25, 0.3) is 0 Å². The van der Waals surface area contributed by atoms with Crippen LogP contribution in [0.15, 0.2) is 0 Å². The van der Waals surface area contributed by atoms with Gasteiger partial charge in [-0.3, -0.25) is 0 Å². The van der Waals surface area contributed by atoms with E-state index in [0.29, 0.717) is 18.1 Å². The monoisotopic (exact) mass is 366 g/mol. The van der Waals surface area contributed by atoms with Gasteiger partial charge in [-0.25, -0.2) is 0 Å². The van der Waals surface area contributed by atoms with Crippen molar-refractivity contribution in [3.05, 3.63) is 0 Å². The Labute approximate surface area is 161 Å². The lowest BCUT2D eigenvalue weighted by Crippen LogP contribution is -2.34. The zero-order valence-electron chi connectivity index (χ0n) is 17.6. The molecule has 26 heavy (non-hydrogen) atoms. The molecule has 0 aromatic heterocycles. The van der Waals surface area contributed by atoms with E-state index in [2.05, 4.69) is 27.7 Å². The fourth-order valence-corrected chi connectivity index (χ4v) is 5.44. The van der Waals surface area contributed by atoms with Crippen molar-refractivity contribution < 1.29 is 14.2 Å². The van der Waals surface area contributed by atoms with Gasteiger partial charge in [-0.15, -0.1) is 0 Å². The molecule has 3 aliphatic rings. The maximum absolute atomic E-state index is 6.21. The molecule has 3 fully saturated rings. The van der Waals surface area contributed by atoms with Crippen LogP contribution in [0.1, 0.15) is 72.6 Å². The Morgan fingerprint density at radius 2 is 1.54 bits per heavy atom. The predicted molar refractivity (Wildman–Crippen MR) is 106 cm³/mol. The Kier molecular flexibility index (Phi) is 7.84. The molecule has 152 valence electrons. The quantitative estimate of drug-likeness (QED) is 0.610. The van der Waals surface area contributed by atoms with Crippen molar-refractivity contribution in [1.82, 2.24) is 0 Å². The molecular weight excluding hydrogens is 324 g/mol. The van der Waals surface area contributed by atoms with Crippen LogP contribution in [0, 0.1) is 35.5 Å². The van der Waals surface area contributed by atoms with Crippen molar-refractivity contribution in [2.24, 2.45) is 35.5 Å². The lowest BCUT2D eigenvalue weighted by Gasteiger charge is -2.37. The van der Waals surface area contributed by atoms with E-state index < -0.39 is 0 Å². The maximum atomic E-state index is 6.21. The zero-order chi connectivity index (χ0) is 18.5. The minimum Gasteiger partial charge on any atom is -0.381 e. The first-order chi connectivity index (χ1) is 12.5. The van der Waals surface area contributed by atoms with E-state index in [0.717, 1.165) is 56.0 Å². The van der Waals surface area contributed by atoms with Crippen LogP contribution in [0.25, 0.3) is 0 Å². The molecule has 0 aromatic carbocycles. The summed E-state index contributed by atoms with van der Waals surface area (Å²) in [7, 11) is 0. The highest BCUT2D eigenvalue weighted by Gasteiger charge is 2.34. The van der Waals surface area contributed by atoms with Gasteiger partial charge in [0, 0.05) is 19.8 Å². The normalized spacial score (nSPS) is 36.3. The molecule has 6 atom stereocenters.